The quantitative estimate of drug-likeness (QED) is 0.284. The SMILES string of the molecule is Cc1c([O-])ccc2ncccc12.Cc1c([O-])ccc2ncccc12.Cc1c([O-])ccc2ncccc12.[Al+3]. The van der Waals surface area contributed by atoms with Gasteiger partial charge in [-0.05, 0) is 73.9 Å². The summed E-state index contributed by atoms with van der Waals surface area (Å²) in [5, 5.41) is 36.5. The number of benzene rings is 3. The van der Waals surface area contributed by atoms with Crippen LogP contribution >= 0.6 is 0 Å². The first-order chi connectivity index (χ1) is 17.4. The third-order valence-corrected chi connectivity index (χ3v) is 6.01. The molecule has 3 aromatic carbocycles. The summed E-state index contributed by atoms with van der Waals surface area (Å²) in [7, 11) is 0. The fourth-order valence-electron chi connectivity index (χ4n) is 3.84. The van der Waals surface area contributed by atoms with E-state index < -0.39 is 0 Å². The van der Waals surface area contributed by atoms with Gasteiger partial charge in [0.05, 0.1) is 16.6 Å². The maximum atomic E-state index is 11.2. The van der Waals surface area contributed by atoms with E-state index in [1.54, 1.807) is 55.0 Å². The average Bonchev–Trinajstić information content (AvgIpc) is 2.92. The van der Waals surface area contributed by atoms with Crippen molar-refractivity contribution >= 4 is 50.1 Å². The van der Waals surface area contributed by atoms with Crippen molar-refractivity contribution in [3.8, 4) is 17.2 Å². The predicted octanol–water partition coefficient (Wildman–Crippen LogP) is 4.47. The van der Waals surface area contributed by atoms with Crippen LogP contribution < -0.4 is 15.3 Å². The van der Waals surface area contributed by atoms with Gasteiger partial charge in [0.2, 0.25) is 0 Å². The number of hydrogen-bond acceptors (Lipinski definition) is 6. The molecule has 180 valence electrons. The number of rotatable bonds is 0. The molecule has 6 rings (SSSR count). The molecule has 3 heterocycles. The minimum Gasteiger partial charge on any atom is -0.872 e. The van der Waals surface area contributed by atoms with Crippen molar-refractivity contribution in [2.75, 3.05) is 0 Å². The fraction of sp³-hybridized carbons (Fsp3) is 0.100. The zero-order chi connectivity index (χ0) is 25.7. The van der Waals surface area contributed by atoms with E-state index in [0.29, 0.717) is 0 Å². The van der Waals surface area contributed by atoms with Crippen molar-refractivity contribution in [2.45, 2.75) is 20.8 Å². The summed E-state index contributed by atoms with van der Waals surface area (Å²) in [5.74, 6) is 0.238. The van der Waals surface area contributed by atoms with Gasteiger partial charge in [-0.25, -0.2) is 0 Å². The summed E-state index contributed by atoms with van der Waals surface area (Å²) in [5.41, 5.74) is 4.99. The normalized spacial score (nSPS) is 10.1. The molecule has 6 nitrogen and oxygen atoms in total. The molecule has 0 bridgehead atoms. The monoisotopic (exact) mass is 501 g/mol. The molecule has 0 aliphatic carbocycles. The summed E-state index contributed by atoms with van der Waals surface area (Å²) in [4.78, 5) is 12.4. The molecule has 0 fully saturated rings. The van der Waals surface area contributed by atoms with Crippen LogP contribution in [0.4, 0.5) is 0 Å². The Labute approximate surface area is 226 Å². The Hall–Kier alpha value is -4.18. The van der Waals surface area contributed by atoms with Gasteiger partial charge in [0.1, 0.15) is 0 Å². The van der Waals surface area contributed by atoms with Crippen LogP contribution in [0.2, 0.25) is 0 Å². The summed E-state index contributed by atoms with van der Waals surface area (Å²) in [6.45, 7) is 5.48. The Morgan fingerprint density at radius 1 is 0.432 bits per heavy atom. The molecule has 0 amide bonds. The fourth-order valence-corrected chi connectivity index (χ4v) is 3.84. The van der Waals surface area contributed by atoms with Crippen LogP contribution in [0.1, 0.15) is 16.7 Å². The maximum Gasteiger partial charge on any atom is 3.00 e. The molecule has 0 unspecified atom stereocenters. The van der Waals surface area contributed by atoms with E-state index in [-0.39, 0.29) is 34.6 Å². The molecule has 0 aliphatic heterocycles. The van der Waals surface area contributed by atoms with Crippen molar-refractivity contribution in [3.05, 3.63) is 108 Å². The van der Waals surface area contributed by atoms with Crippen LogP contribution in [0.25, 0.3) is 32.7 Å². The molecule has 3 aromatic heterocycles. The van der Waals surface area contributed by atoms with Crippen molar-refractivity contribution in [3.63, 3.8) is 0 Å². The first-order valence-electron chi connectivity index (χ1n) is 11.4. The molecular formula is C30H24AlN3O3. The van der Waals surface area contributed by atoms with Gasteiger partial charge in [-0.1, -0.05) is 36.4 Å². The summed E-state index contributed by atoms with van der Waals surface area (Å²) < 4.78 is 0. The zero-order valence-corrected chi connectivity index (χ0v) is 22.0. The van der Waals surface area contributed by atoms with E-state index in [2.05, 4.69) is 15.0 Å². The molecule has 0 aliphatic rings. The molecule has 0 atom stereocenters. The van der Waals surface area contributed by atoms with Gasteiger partial charge in [-0.3, -0.25) is 15.0 Å². The summed E-state index contributed by atoms with van der Waals surface area (Å²) >= 11 is 0. The van der Waals surface area contributed by atoms with Crippen molar-refractivity contribution in [1.82, 2.24) is 15.0 Å². The average molecular weight is 502 g/mol. The third-order valence-electron chi connectivity index (χ3n) is 6.01. The molecule has 0 saturated heterocycles. The molecular weight excluding hydrogens is 477 g/mol. The zero-order valence-electron chi connectivity index (χ0n) is 20.8. The maximum absolute atomic E-state index is 11.2. The van der Waals surface area contributed by atoms with Gasteiger partial charge < -0.3 is 15.3 Å². The van der Waals surface area contributed by atoms with Crippen LogP contribution in [0.3, 0.4) is 0 Å². The number of pyridine rings is 3. The molecule has 0 radical (unpaired) electrons. The van der Waals surface area contributed by atoms with Crippen LogP contribution in [0.15, 0.2) is 91.4 Å². The van der Waals surface area contributed by atoms with Crippen LogP contribution in [-0.4, -0.2) is 32.3 Å². The topological polar surface area (TPSA) is 108 Å². The van der Waals surface area contributed by atoms with Gasteiger partial charge in [0, 0.05) is 34.7 Å². The minimum atomic E-state index is 0. The molecule has 0 spiro atoms. The number of nitrogens with zero attached hydrogens (tertiary/aromatic N) is 3. The van der Waals surface area contributed by atoms with Gasteiger partial charge >= 0.3 is 17.4 Å². The summed E-state index contributed by atoms with van der Waals surface area (Å²) in [6.07, 6.45) is 5.19. The second kappa shape index (κ2) is 12.2. The second-order valence-corrected chi connectivity index (χ2v) is 8.28. The van der Waals surface area contributed by atoms with Gasteiger partial charge in [0.25, 0.3) is 0 Å². The first-order valence-corrected chi connectivity index (χ1v) is 11.4. The minimum absolute atomic E-state index is 0. The smallest absolute Gasteiger partial charge is 0.872 e. The second-order valence-electron chi connectivity index (χ2n) is 8.28. The van der Waals surface area contributed by atoms with Crippen molar-refractivity contribution in [2.24, 2.45) is 0 Å². The predicted molar refractivity (Wildman–Crippen MR) is 144 cm³/mol. The van der Waals surface area contributed by atoms with Crippen molar-refractivity contribution in [1.29, 1.82) is 0 Å². The molecule has 0 saturated carbocycles. The van der Waals surface area contributed by atoms with E-state index in [9.17, 15) is 15.3 Å². The van der Waals surface area contributed by atoms with E-state index in [1.807, 2.05) is 57.2 Å². The first kappa shape index (κ1) is 27.4. The summed E-state index contributed by atoms with van der Waals surface area (Å²) in [6, 6.07) is 21.2. The van der Waals surface area contributed by atoms with Gasteiger partial charge in [0.15, 0.2) is 0 Å². The Morgan fingerprint density at radius 3 is 0.973 bits per heavy atom. The molecule has 6 aromatic rings. The van der Waals surface area contributed by atoms with Crippen molar-refractivity contribution < 1.29 is 15.3 Å². The molecule has 7 heteroatoms. The molecule has 37 heavy (non-hydrogen) atoms. The third kappa shape index (κ3) is 6.15. The van der Waals surface area contributed by atoms with E-state index >= 15 is 0 Å². The van der Waals surface area contributed by atoms with E-state index in [4.69, 9.17) is 0 Å². The Balaban J connectivity index is 0.000000152. The number of hydrogen-bond donors (Lipinski definition) is 0. The Kier molecular flexibility index (Phi) is 9.02. The van der Waals surface area contributed by atoms with Crippen LogP contribution in [0, 0.1) is 20.8 Å². The van der Waals surface area contributed by atoms with Gasteiger partial charge in [-0.15, -0.1) is 17.2 Å². The number of fused-ring (bicyclic) bond motifs is 3. The van der Waals surface area contributed by atoms with Crippen LogP contribution in [0.5, 0.6) is 17.2 Å². The number of aromatic nitrogens is 3. The van der Waals surface area contributed by atoms with E-state index in [1.165, 1.54) is 0 Å². The van der Waals surface area contributed by atoms with Gasteiger partial charge in [-0.2, -0.15) is 0 Å². The van der Waals surface area contributed by atoms with E-state index in [0.717, 1.165) is 49.4 Å². The molecule has 0 N–H and O–H groups in total. The Morgan fingerprint density at radius 2 is 0.703 bits per heavy atom. The standard InChI is InChI=1S/3C10H9NO.Al/c3*1-7-8-3-2-6-11-9(8)4-5-10(7)12;/h3*2-6,12H,1H3;/q;;;+3/p-3. The number of aryl methyl sites for hydroxylation is 3. The Bertz CT molecular complexity index is 1470. The van der Waals surface area contributed by atoms with Crippen LogP contribution in [-0.2, 0) is 0 Å². The largest absolute Gasteiger partial charge is 3.00 e.